The molecule has 0 spiro atoms. The van der Waals surface area contributed by atoms with Crippen LogP contribution in [0.25, 0.3) is 0 Å². The molecule has 0 radical (unpaired) electrons. The predicted molar refractivity (Wildman–Crippen MR) is 224 cm³/mol. The summed E-state index contributed by atoms with van der Waals surface area (Å²) in [5, 5.41) is 0. The summed E-state index contributed by atoms with van der Waals surface area (Å²) < 4.78 is 17.2. The second-order valence-corrected chi connectivity index (χ2v) is 15.7. The Morgan fingerprint density at radius 1 is 0.404 bits per heavy atom. The first-order valence-corrected chi connectivity index (χ1v) is 23.2. The van der Waals surface area contributed by atoms with Crippen molar-refractivity contribution in [3.8, 4) is 0 Å². The van der Waals surface area contributed by atoms with Crippen molar-refractivity contribution in [1.29, 1.82) is 0 Å². The molecule has 1 unspecified atom stereocenters. The maximum Gasteiger partial charge on any atom is 0.306 e. The summed E-state index contributed by atoms with van der Waals surface area (Å²) in [6, 6.07) is 0. The second kappa shape index (κ2) is 44.0. The van der Waals surface area contributed by atoms with E-state index in [0.29, 0.717) is 26.1 Å². The molecule has 0 fully saturated rings. The minimum Gasteiger partial charge on any atom is -0.462 e. The van der Waals surface area contributed by atoms with Crippen LogP contribution in [0, 0.1) is 0 Å². The van der Waals surface area contributed by atoms with Crippen LogP contribution in [-0.2, 0) is 23.8 Å². The molecule has 0 heterocycles. The monoisotopic (exact) mass is 735 g/mol. The molecule has 0 amide bonds. The Hall–Kier alpha value is -1.36. The Morgan fingerprint density at radius 3 is 1.17 bits per heavy atom. The summed E-state index contributed by atoms with van der Waals surface area (Å²) in [6.07, 6.45) is 48.1. The van der Waals surface area contributed by atoms with Gasteiger partial charge in [0.2, 0.25) is 0 Å². The quantitative estimate of drug-likeness (QED) is 0.0355. The fourth-order valence-electron chi connectivity index (χ4n) is 6.80. The van der Waals surface area contributed by atoms with Gasteiger partial charge in [0.15, 0.2) is 6.10 Å². The smallest absolute Gasteiger partial charge is 0.306 e. The Kier molecular flexibility index (Phi) is 42.9. The third kappa shape index (κ3) is 41.4. The van der Waals surface area contributed by atoms with Gasteiger partial charge in [-0.25, -0.2) is 0 Å². The van der Waals surface area contributed by atoms with Gasteiger partial charge >= 0.3 is 11.9 Å². The van der Waals surface area contributed by atoms with Crippen LogP contribution < -0.4 is 0 Å². The van der Waals surface area contributed by atoms with E-state index in [-0.39, 0.29) is 18.5 Å². The highest BCUT2D eigenvalue weighted by Crippen LogP contribution is 2.15. The van der Waals surface area contributed by atoms with Gasteiger partial charge in [0.1, 0.15) is 6.61 Å². The van der Waals surface area contributed by atoms with Crippen LogP contribution in [0.3, 0.4) is 0 Å². The summed E-state index contributed by atoms with van der Waals surface area (Å²) in [5.41, 5.74) is 0. The molecule has 0 aromatic heterocycles. The normalized spacial score (nSPS) is 12.1. The van der Waals surface area contributed by atoms with Crippen LogP contribution in [0.5, 0.6) is 0 Å². The SMILES string of the molecule is CCCCCCCC/C=C\CCCCCCCCOCC(COC(=O)CCCCCCCCCCCCCCCCC)OC(=O)CCCCCCC. The molecule has 0 aliphatic carbocycles. The lowest BCUT2D eigenvalue weighted by atomic mass is 10.0. The lowest BCUT2D eigenvalue weighted by Crippen LogP contribution is -2.30. The van der Waals surface area contributed by atoms with Crippen molar-refractivity contribution in [1.82, 2.24) is 0 Å². The summed E-state index contributed by atoms with van der Waals surface area (Å²) in [5.74, 6) is -0.399. The van der Waals surface area contributed by atoms with E-state index in [1.165, 1.54) is 173 Å². The lowest BCUT2D eigenvalue weighted by molar-refractivity contribution is -0.163. The van der Waals surface area contributed by atoms with Crippen molar-refractivity contribution >= 4 is 11.9 Å². The number of unbranched alkanes of at least 4 members (excludes halogenated alkanes) is 30. The molecule has 1 atom stereocenters. The number of carbonyl (C=O) groups excluding carboxylic acids is 2. The number of carbonyl (C=O) groups is 2. The molecular formula is C47H90O5. The molecule has 0 aromatic rings. The largest absolute Gasteiger partial charge is 0.462 e. The summed E-state index contributed by atoms with van der Waals surface area (Å²) in [7, 11) is 0. The van der Waals surface area contributed by atoms with Crippen LogP contribution in [0.15, 0.2) is 12.2 Å². The van der Waals surface area contributed by atoms with Gasteiger partial charge in [-0.1, -0.05) is 206 Å². The fraction of sp³-hybridized carbons (Fsp3) is 0.915. The Labute approximate surface area is 325 Å². The molecule has 0 aromatic carbocycles. The molecule has 0 aliphatic rings. The van der Waals surface area contributed by atoms with Gasteiger partial charge < -0.3 is 14.2 Å². The van der Waals surface area contributed by atoms with Crippen LogP contribution in [-0.4, -0.2) is 37.9 Å². The standard InChI is InChI=1S/C47H90O5/c1-4-7-10-13-15-17-19-21-23-25-27-29-31-33-36-39-42-50-43-45(52-47(49)41-38-34-12-9-6-3)44-51-46(48)40-37-35-32-30-28-26-24-22-20-18-16-14-11-8-5-2/h21,23,45H,4-20,22,24-44H2,1-3H3/b23-21-. The van der Waals surface area contributed by atoms with Gasteiger partial charge in [-0.05, 0) is 44.9 Å². The average Bonchev–Trinajstić information content (AvgIpc) is 3.14. The highest BCUT2D eigenvalue weighted by Gasteiger charge is 2.17. The molecular weight excluding hydrogens is 645 g/mol. The van der Waals surface area contributed by atoms with Crippen LogP contribution in [0.1, 0.15) is 252 Å². The van der Waals surface area contributed by atoms with E-state index in [0.717, 1.165) is 44.9 Å². The molecule has 0 rings (SSSR count). The van der Waals surface area contributed by atoms with Gasteiger partial charge in [-0.3, -0.25) is 9.59 Å². The van der Waals surface area contributed by atoms with Crippen molar-refractivity contribution in [2.45, 2.75) is 258 Å². The van der Waals surface area contributed by atoms with E-state index >= 15 is 0 Å². The van der Waals surface area contributed by atoms with Crippen molar-refractivity contribution in [3.05, 3.63) is 12.2 Å². The van der Waals surface area contributed by atoms with E-state index in [9.17, 15) is 9.59 Å². The molecule has 0 bridgehead atoms. The van der Waals surface area contributed by atoms with E-state index in [4.69, 9.17) is 14.2 Å². The second-order valence-electron chi connectivity index (χ2n) is 15.7. The minimum atomic E-state index is -0.526. The number of ether oxygens (including phenoxy) is 3. The van der Waals surface area contributed by atoms with Gasteiger partial charge in [0.25, 0.3) is 0 Å². The third-order valence-corrected chi connectivity index (χ3v) is 10.3. The fourth-order valence-corrected chi connectivity index (χ4v) is 6.80. The number of esters is 2. The molecule has 52 heavy (non-hydrogen) atoms. The highest BCUT2D eigenvalue weighted by atomic mass is 16.6. The van der Waals surface area contributed by atoms with Crippen LogP contribution in [0.4, 0.5) is 0 Å². The van der Waals surface area contributed by atoms with Crippen molar-refractivity contribution in [2.24, 2.45) is 0 Å². The first kappa shape index (κ1) is 50.6. The molecule has 0 saturated carbocycles. The Bertz CT molecular complexity index is 750. The Balaban J connectivity index is 4.02. The number of hydrogen-bond acceptors (Lipinski definition) is 5. The van der Waals surface area contributed by atoms with Gasteiger partial charge in [-0.15, -0.1) is 0 Å². The van der Waals surface area contributed by atoms with E-state index in [1.54, 1.807) is 0 Å². The van der Waals surface area contributed by atoms with Crippen molar-refractivity contribution in [2.75, 3.05) is 19.8 Å². The first-order chi connectivity index (χ1) is 25.6. The molecule has 0 N–H and O–H groups in total. The maximum absolute atomic E-state index is 12.5. The molecule has 0 saturated heterocycles. The molecule has 5 nitrogen and oxygen atoms in total. The van der Waals surface area contributed by atoms with Crippen molar-refractivity contribution < 1.29 is 23.8 Å². The maximum atomic E-state index is 12.5. The summed E-state index contributed by atoms with van der Waals surface area (Å²) >= 11 is 0. The highest BCUT2D eigenvalue weighted by molar-refractivity contribution is 5.70. The van der Waals surface area contributed by atoms with Crippen molar-refractivity contribution in [3.63, 3.8) is 0 Å². The minimum absolute atomic E-state index is 0.0898. The zero-order valence-corrected chi connectivity index (χ0v) is 35.4. The van der Waals surface area contributed by atoms with Gasteiger partial charge in [0.05, 0.1) is 6.61 Å². The van der Waals surface area contributed by atoms with Crippen LogP contribution in [0.2, 0.25) is 0 Å². The lowest BCUT2D eigenvalue weighted by Gasteiger charge is -2.18. The van der Waals surface area contributed by atoms with Gasteiger partial charge in [0, 0.05) is 19.4 Å². The molecule has 0 aliphatic heterocycles. The predicted octanol–water partition coefficient (Wildman–Crippen LogP) is 15.1. The van der Waals surface area contributed by atoms with E-state index in [1.807, 2.05) is 0 Å². The number of allylic oxidation sites excluding steroid dienone is 2. The zero-order chi connectivity index (χ0) is 37.8. The molecule has 308 valence electrons. The summed E-state index contributed by atoms with van der Waals surface area (Å²) in [4.78, 5) is 25.0. The topological polar surface area (TPSA) is 61.8 Å². The van der Waals surface area contributed by atoms with E-state index < -0.39 is 6.10 Å². The number of rotatable bonds is 43. The Morgan fingerprint density at radius 2 is 0.750 bits per heavy atom. The third-order valence-electron chi connectivity index (χ3n) is 10.3. The zero-order valence-electron chi connectivity index (χ0n) is 35.4. The average molecular weight is 735 g/mol. The first-order valence-electron chi connectivity index (χ1n) is 23.2. The molecule has 5 heteroatoms. The van der Waals surface area contributed by atoms with E-state index in [2.05, 4.69) is 32.9 Å². The summed E-state index contributed by atoms with van der Waals surface area (Å²) in [6.45, 7) is 7.78. The number of hydrogen-bond donors (Lipinski definition) is 0. The van der Waals surface area contributed by atoms with Gasteiger partial charge in [-0.2, -0.15) is 0 Å². The van der Waals surface area contributed by atoms with Crippen LogP contribution >= 0.6 is 0 Å².